The molecule has 4 rings (SSSR count). The van der Waals surface area contributed by atoms with Gasteiger partial charge in [0.05, 0.1) is 18.0 Å². The second-order valence-electron chi connectivity index (χ2n) is 5.77. The van der Waals surface area contributed by atoms with Crippen LogP contribution in [0.5, 0.6) is 0 Å². The average Bonchev–Trinajstić information content (AvgIpc) is 3.09. The van der Waals surface area contributed by atoms with E-state index in [0.717, 1.165) is 28.6 Å². The number of nitrogens with one attached hydrogen (secondary N) is 3. The molecule has 3 aromatic rings. The minimum atomic E-state index is -4.46. The van der Waals surface area contributed by atoms with Crippen molar-refractivity contribution in [3.63, 3.8) is 0 Å². The first-order valence-corrected chi connectivity index (χ1v) is 7.85. The van der Waals surface area contributed by atoms with Crippen LogP contribution in [0.4, 0.5) is 36.1 Å². The van der Waals surface area contributed by atoms with Crippen LogP contribution in [0.2, 0.25) is 0 Å². The highest BCUT2D eigenvalue weighted by Gasteiger charge is 2.31. The summed E-state index contributed by atoms with van der Waals surface area (Å²) in [6.45, 7) is 0.686. The molecule has 0 saturated carbocycles. The Morgan fingerprint density at radius 3 is 2.65 bits per heavy atom. The molecule has 4 nitrogen and oxygen atoms in total. The van der Waals surface area contributed by atoms with Crippen LogP contribution >= 0.6 is 0 Å². The van der Waals surface area contributed by atoms with Crippen molar-refractivity contribution in [3.05, 3.63) is 66.4 Å². The van der Waals surface area contributed by atoms with Gasteiger partial charge >= 0.3 is 6.18 Å². The molecule has 0 atom stereocenters. The van der Waals surface area contributed by atoms with E-state index in [2.05, 4.69) is 33.1 Å². The molecule has 130 valence electrons. The Bertz CT molecular complexity index is 954. The summed E-state index contributed by atoms with van der Waals surface area (Å²) in [6, 6.07) is 16.4. The quantitative estimate of drug-likeness (QED) is 0.626. The maximum atomic E-state index is 12.8. The molecular formula is C19H13F3N4. The van der Waals surface area contributed by atoms with E-state index in [-0.39, 0.29) is 5.69 Å². The zero-order valence-electron chi connectivity index (χ0n) is 13.4. The molecule has 0 bridgehead atoms. The lowest BCUT2D eigenvalue weighted by Crippen LogP contribution is -2.04. The lowest BCUT2D eigenvalue weighted by Gasteiger charge is -2.10. The number of halogens is 3. The highest BCUT2D eigenvalue weighted by atomic mass is 19.4. The second-order valence-corrected chi connectivity index (χ2v) is 5.77. The van der Waals surface area contributed by atoms with Gasteiger partial charge in [0.2, 0.25) is 0 Å². The summed E-state index contributed by atoms with van der Waals surface area (Å²) in [5, 5.41) is 9.32. The van der Waals surface area contributed by atoms with Crippen LogP contribution in [0.3, 0.4) is 0 Å². The largest absolute Gasteiger partial charge is 0.424 e. The fourth-order valence-corrected chi connectivity index (χ4v) is 2.73. The summed E-state index contributed by atoms with van der Waals surface area (Å²) in [5.74, 6) is 0.446. The Morgan fingerprint density at radius 1 is 1.00 bits per heavy atom. The molecule has 0 unspecified atom stereocenters. The molecule has 0 saturated heterocycles. The van der Waals surface area contributed by atoms with E-state index in [4.69, 9.17) is 0 Å². The Hall–Kier alpha value is -3.40. The van der Waals surface area contributed by atoms with Crippen molar-refractivity contribution in [2.24, 2.45) is 0 Å². The molecule has 7 heteroatoms. The predicted molar refractivity (Wildman–Crippen MR) is 94.2 cm³/mol. The molecule has 1 aliphatic heterocycles. The van der Waals surface area contributed by atoms with Gasteiger partial charge < -0.3 is 16.0 Å². The van der Waals surface area contributed by atoms with E-state index in [1.165, 1.54) is 6.07 Å². The maximum absolute atomic E-state index is 12.8. The molecule has 0 amide bonds. The zero-order chi connectivity index (χ0) is 18.1. The lowest BCUT2D eigenvalue weighted by atomic mass is 10.1. The number of anilines is 4. The molecule has 2 aromatic carbocycles. The van der Waals surface area contributed by atoms with Gasteiger partial charge in [-0.1, -0.05) is 18.2 Å². The van der Waals surface area contributed by atoms with E-state index < -0.39 is 11.7 Å². The van der Waals surface area contributed by atoms with Crippen LogP contribution in [-0.2, 0) is 6.18 Å². The van der Waals surface area contributed by atoms with Crippen molar-refractivity contribution < 1.29 is 13.2 Å². The Kier molecular flexibility index (Phi) is 3.81. The fourth-order valence-electron chi connectivity index (χ4n) is 2.73. The third-order valence-electron chi connectivity index (χ3n) is 3.98. The smallest absolute Gasteiger partial charge is 0.366 e. The molecule has 0 spiro atoms. The Labute approximate surface area is 148 Å². The summed E-state index contributed by atoms with van der Waals surface area (Å²) in [4.78, 5) is 4.18. The normalized spacial score (nSPS) is 12.6. The van der Waals surface area contributed by atoms with Crippen LogP contribution in [0.25, 0.3) is 11.1 Å². The number of aromatic nitrogens is 1. The predicted octanol–water partition coefficient (Wildman–Crippen LogP) is 4.91. The summed E-state index contributed by atoms with van der Waals surface area (Å²) in [5.41, 5.74) is 3.31. The van der Waals surface area contributed by atoms with Crippen molar-refractivity contribution in [2.75, 3.05) is 22.6 Å². The first kappa shape index (κ1) is 16.1. The van der Waals surface area contributed by atoms with E-state index >= 15 is 0 Å². The second kappa shape index (κ2) is 6.15. The number of hydrogen-bond donors (Lipinski definition) is 3. The lowest BCUT2D eigenvalue weighted by molar-refractivity contribution is -0.137. The molecule has 1 aliphatic rings. The summed E-state index contributed by atoms with van der Waals surface area (Å²) < 4.78 is 38.4. The maximum Gasteiger partial charge on any atom is 0.424 e. The van der Waals surface area contributed by atoms with Gasteiger partial charge in [-0.2, -0.15) is 13.2 Å². The molecule has 1 aromatic heterocycles. The van der Waals surface area contributed by atoms with Gasteiger partial charge in [0, 0.05) is 18.0 Å². The van der Waals surface area contributed by atoms with E-state index in [0.29, 0.717) is 12.5 Å². The molecule has 0 aliphatic carbocycles. The molecule has 3 N–H and O–H groups in total. The van der Waals surface area contributed by atoms with Gasteiger partial charge in [-0.3, -0.25) is 0 Å². The van der Waals surface area contributed by atoms with Gasteiger partial charge in [0.25, 0.3) is 0 Å². The van der Waals surface area contributed by atoms with Crippen molar-refractivity contribution in [3.8, 4) is 11.1 Å². The number of fused-ring (bicyclic) bond motifs is 1. The minimum Gasteiger partial charge on any atom is -0.366 e. The average molecular weight is 354 g/mol. The molecule has 26 heavy (non-hydrogen) atoms. The number of nitrogens with zero attached hydrogens (tertiary/aromatic N) is 1. The third-order valence-corrected chi connectivity index (χ3v) is 3.98. The number of alkyl halides is 3. The van der Waals surface area contributed by atoms with Crippen molar-refractivity contribution in [1.29, 1.82) is 0 Å². The summed E-state index contributed by atoms with van der Waals surface area (Å²) in [6.07, 6.45) is -2.85. The van der Waals surface area contributed by atoms with Gasteiger partial charge in [-0.05, 0) is 41.5 Å². The molecule has 0 radical (unpaired) electrons. The van der Waals surface area contributed by atoms with Gasteiger partial charge in [-0.25, -0.2) is 4.98 Å². The number of rotatable bonds is 3. The monoisotopic (exact) mass is 354 g/mol. The van der Waals surface area contributed by atoms with Crippen molar-refractivity contribution in [1.82, 2.24) is 4.98 Å². The Morgan fingerprint density at radius 2 is 1.81 bits per heavy atom. The third kappa shape index (κ3) is 3.22. The summed E-state index contributed by atoms with van der Waals surface area (Å²) >= 11 is 0. The van der Waals surface area contributed by atoms with Crippen LogP contribution in [-0.4, -0.2) is 11.7 Å². The van der Waals surface area contributed by atoms with E-state index in [9.17, 15) is 13.2 Å². The Balaban J connectivity index is 1.61. The van der Waals surface area contributed by atoms with Gasteiger partial charge in [0.1, 0.15) is 11.4 Å². The van der Waals surface area contributed by atoms with Gasteiger partial charge in [0.15, 0.2) is 0 Å². The zero-order valence-corrected chi connectivity index (χ0v) is 13.4. The van der Waals surface area contributed by atoms with E-state index in [1.54, 1.807) is 12.3 Å². The van der Waals surface area contributed by atoms with Crippen LogP contribution in [0.1, 0.15) is 5.56 Å². The fraction of sp³-hybridized carbons (Fsp3) is 0.105. The highest BCUT2D eigenvalue weighted by Crippen LogP contribution is 2.33. The van der Waals surface area contributed by atoms with Crippen molar-refractivity contribution in [2.45, 2.75) is 6.18 Å². The van der Waals surface area contributed by atoms with Crippen molar-refractivity contribution >= 4 is 22.9 Å². The number of hydrogen-bond acceptors (Lipinski definition) is 4. The molecule has 0 fully saturated rings. The highest BCUT2D eigenvalue weighted by molar-refractivity contribution is 5.80. The minimum absolute atomic E-state index is 0.251. The summed E-state index contributed by atoms with van der Waals surface area (Å²) in [7, 11) is 0. The number of pyridine rings is 1. The molecule has 2 heterocycles. The topological polar surface area (TPSA) is 49.0 Å². The first-order valence-electron chi connectivity index (χ1n) is 7.85. The number of benzene rings is 1. The van der Waals surface area contributed by atoms with Crippen LogP contribution in [0.15, 0.2) is 48.7 Å². The molecular weight excluding hydrogens is 341 g/mol. The van der Waals surface area contributed by atoms with E-state index in [1.807, 2.05) is 24.3 Å². The van der Waals surface area contributed by atoms with Gasteiger partial charge in [-0.15, -0.1) is 0 Å². The van der Waals surface area contributed by atoms with Crippen LogP contribution in [0, 0.1) is 12.1 Å². The standard InChI is InChI=1S/C19H13F3N4/c20-19(21,22)14-2-1-3-15(10-14)26-18-9-13(6-7-23-18)12-4-5-16-17(8-12)25-11-24-16/h3-10,24-25H,11H2,(H,23,26). The first-order chi connectivity index (χ1) is 12.5. The SMILES string of the molecule is FC(F)(F)c1c#ccc(Nc2cc(-c3ccc4c(c3)NCN4)ccn2)c1. The van der Waals surface area contributed by atoms with Crippen LogP contribution < -0.4 is 16.0 Å².